The van der Waals surface area contributed by atoms with Gasteiger partial charge in [0.05, 0.1) is 0 Å². The molecule has 1 spiro atoms. The highest BCUT2D eigenvalue weighted by atomic mass is 19.1. The number of ether oxygens (including phenoxy) is 1. The van der Waals surface area contributed by atoms with Crippen LogP contribution in [0.4, 0.5) is 4.39 Å². The molecule has 5 unspecified atom stereocenters. The van der Waals surface area contributed by atoms with Gasteiger partial charge in [-0.05, 0) is 43.3 Å². The van der Waals surface area contributed by atoms with Gasteiger partial charge in [-0.1, -0.05) is 37.6 Å². The summed E-state index contributed by atoms with van der Waals surface area (Å²) >= 11 is 0. The van der Waals surface area contributed by atoms with Crippen LogP contribution in [-0.2, 0) is 14.3 Å². The van der Waals surface area contributed by atoms with Crippen LogP contribution in [0.2, 0.25) is 0 Å². The summed E-state index contributed by atoms with van der Waals surface area (Å²) in [6.07, 6.45) is 11.2. The Kier molecular flexibility index (Phi) is 3.14. The molecular formula is C22H25FO3. The predicted molar refractivity (Wildman–Crippen MR) is 94.9 cm³/mol. The topological polar surface area (TPSA) is 43.4 Å². The van der Waals surface area contributed by atoms with Crippen LogP contribution in [0.25, 0.3) is 0 Å². The van der Waals surface area contributed by atoms with Gasteiger partial charge < -0.3 is 4.74 Å². The van der Waals surface area contributed by atoms with Crippen molar-refractivity contribution in [2.45, 2.75) is 64.1 Å². The zero-order chi connectivity index (χ0) is 18.3. The number of fused-ring (bicyclic) bond motifs is 6. The van der Waals surface area contributed by atoms with E-state index in [9.17, 15) is 14.0 Å². The summed E-state index contributed by atoms with van der Waals surface area (Å²) in [5.74, 6) is 0.186. The lowest BCUT2D eigenvalue weighted by Crippen LogP contribution is -2.50. The number of hydrogen-bond acceptors (Lipinski definition) is 3. The lowest BCUT2D eigenvalue weighted by molar-refractivity contribution is -0.161. The second-order valence-corrected chi connectivity index (χ2v) is 9.30. The molecule has 0 aromatic carbocycles. The van der Waals surface area contributed by atoms with Crippen molar-refractivity contribution in [1.29, 1.82) is 0 Å². The fourth-order valence-corrected chi connectivity index (χ4v) is 6.60. The molecule has 4 aliphatic carbocycles. The SMILES string of the molecule is CC12CCC(=O)C=C1C=CC1C2=CCC2(C)C1CC[C@@]21CC(F)C(=O)O1. The van der Waals surface area contributed by atoms with E-state index in [1.807, 2.05) is 6.08 Å². The van der Waals surface area contributed by atoms with Crippen molar-refractivity contribution in [2.24, 2.45) is 22.7 Å². The Morgan fingerprint density at radius 2 is 2.04 bits per heavy atom. The van der Waals surface area contributed by atoms with E-state index in [-0.39, 0.29) is 23.0 Å². The minimum atomic E-state index is -1.48. The van der Waals surface area contributed by atoms with Gasteiger partial charge in [0.2, 0.25) is 6.17 Å². The van der Waals surface area contributed by atoms with Gasteiger partial charge >= 0.3 is 5.97 Å². The molecular weight excluding hydrogens is 331 g/mol. The number of allylic oxidation sites excluding steroid dienone is 6. The van der Waals surface area contributed by atoms with Gasteiger partial charge in [0.15, 0.2) is 5.78 Å². The van der Waals surface area contributed by atoms with E-state index in [0.29, 0.717) is 18.3 Å². The van der Waals surface area contributed by atoms with Gasteiger partial charge in [0.1, 0.15) is 5.60 Å². The largest absolute Gasteiger partial charge is 0.456 e. The maximum absolute atomic E-state index is 14.1. The van der Waals surface area contributed by atoms with Crippen LogP contribution in [0.3, 0.4) is 0 Å². The van der Waals surface area contributed by atoms with Gasteiger partial charge in [-0.2, -0.15) is 0 Å². The second-order valence-electron chi connectivity index (χ2n) is 9.30. The summed E-state index contributed by atoms with van der Waals surface area (Å²) in [6, 6.07) is 0. The standard InChI is InChI=1S/C22H25FO3/c1-20-8-5-14(24)11-13(20)3-4-15-16(20)6-9-21(2)17(15)7-10-22(21)12-18(23)19(25)26-22/h3-4,6,11,15,17-18H,5,7-10,12H2,1-2H3/t15?,17?,18?,20?,21?,22-/m1/s1. The first-order valence-corrected chi connectivity index (χ1v) is 9.80. The van der Waals surface area contributed by atoms with Crippen LogP contribution in [0, 0.1) is 22.7 Å². The summed E-state index contributed by atoms with van der Waals surface area (Å²) < 4.78 is 19.7. The number of ketones is 1. The number of hydrogen-bond donors (Lipinski definition) is 0. The Morgan fingerprint density at radius 3 is 2.77 bits per heavy atom. The Morgan fingerprint density at radius 1 is 1.23 bits per heavy atom. The first-order chi connectivity index (χ1) is 12.3. The smallest absolute Gasteiger partial charge is 0.341 e. The van der Waals surface area contributed by atoms with Crippen LogP contribution in [0.5, 0.6) is 0 Å². The lowest BCUT2D eigenvalue weighted by atomic mass is 9.52. The lowest BCUT2D eigenvalue weighted by Gasteiger charge is -2.52. The molecule has 1 heterocycles. The van der Waals surface area contributed by atoms with E-state index in [2.05, 4.69) is 32.1 Å². The Balaban J connectivity index is 1.57. The van der Waals surface area contributed by atoms with Crippen molar-refractivity contribution in [1.82, 2.24) is 0 Å². The molecule has 1 saturated carbocycles. The monoisotopic (exact) mass is 356 g/mol. The van der Waals surface area contributed by atoms with E-state index in [0.717, 1.165) is 31.3 Å². The third-order valence-corrected chi connectivity index (χ3v) is 8.26. The number of halogens is 1. The van der Waals surface area contributed by atoms with Crippen LogP contribution < -0.4 is 0 Å². The number of alkyl halides is 1. The van der Waals surface area contributed by atoms with Crippen molar-refractivity contribution < 1.29 is 18.7 Å². The Hall–Kier alpha value is -1.71. The summed E-state index contributed by atoms with van der Waals surface area (Å²) in [5, 5.41) is 0. The molecule has 0 radical (unpaired) electrons. The van der Waals surface area contributed by atoms with Gasteiger partial charge in [0, 0.05) is 29.6 Å². The molecule has 4 heteroatoms. The number of carbonyl (C=O) groups is 2. The molecule has 3 nitrogen and oxygen atoms in total. The Bertz CT molecular complexity index is 808. The molecule has 26 heavy (non-hydrogen) atoms. The van der Waals surface area contributed by atoms with Crippen LogP contribution >= 0.6 is 0 Å². The zero-order valence-corrected chi connectivity index (χ0v) is 15.4. The maximum atomic E-state index is 14.1. The molecule has 0 aromatic rings. The second kappa shape index (κ2) is 4.96. The Labute approximate surface area is 153 Å². The van der Waals surface area contributed by atoms with E-state index in [1.54, 1.807) is 0 Å². The molecule has 1 saturated heterocycles. The number of rotatable bonds is 0. The molecule has 2 fully saturated rings. The van der Waals surface area contributed by atoms with Gasteiger partial charge in [-0.15, -0.1) is 0 Å². The summed E-state index contributed by atoms with van der Waals surface area (Å²) in [6.45, 7) is 4.45. The minimum Gasteiger partial charge on any atom is -0.456 e. The number of esters is 1. The zero-order valence-electron chi connectivity index (χ0n) is 15.4. The van der Waals surface area contributed by atoms with E-state index in [1.165, 1.54) is 5.57 Å². The molecule has 5 aliphatic rings. The normalized spacial score (nSPS) is 49.3. The van der Waals surface area contributed by atoms with Crippen LogP contribution in [0.15, 0.2) is 35.5 Å². The quantitative estimate of drug-likeness (QED) is 0.482. The fraction of sp³-hybridized carbons (Fsp3) is 0.636. The fourth-order valence-electron chi connectivity index (χ4n) is 6.60. The number of carbonyl (C=O) groups excluding carboxylic acids is 2. The van der Waals surface area contributed by atoms with E-state index in [4.69, 9.17) is 4.74 Å². The molecule has 5 rings (SSSR count). The van der Waals surface area contributed by atoms with Crippen molar-refractivity contribution in [3.8, 4) is 0 Å². The highest BCUT2D eigenvalue weighted by molar-refractivity contribution is 5.92. The molecule has 0 amide bonds. The highest BCUT2D eigenvalue weighted by Gasteiger charge is 2.66. The average Bonchev–Trinajstić information content (AvgIpc) is 3.05. The molecule has 0 aromatic heterocycles. The molecule has 0 N–H and O–H groups in total. The first-order valence-electron chi connectivity index (χ1n) is 9.80. The van der Waals surface area contributed by atoms with Crippen LogP contribution in [0.1, 0.15) is 52.4 Å². The molecule has 138 valence electrons. The van der Waals surface area contributed by atoms with Crippen LogP contribution in [-0.4, -0.2) is 23.5 Å². The summed E-state index contributed by atoms with van der Waals surface area (Å²) in [7, 11) is 0. The predicted octanol–water partition coefficient (Wildman–Crippen LogP) is 4.24. The van der Waals surface area contributed by atoms with Crippen molar-refractivity contribution >= 4 is 11.8 Å². The third kappa shape index (κ3) is 1.83. The molecule has 6 atom stereocenters. The van der Waals surface area contributed by atoms with Crippen molar-refractivity contribution in [3.05, 3.63) is 35.5 Å². The van der Waals surface area contributed by atoms with E-state index < -0.39 is 17.7 Å². The van der Waals surface area contributed by atoms with Gasteiger partial charge in [-0.25, -0.2) is 9.18 Å². The summed E-state index contributed by atoms with van der Waals surface area (Å²) in [4.78, 5) is 23.7. The van der Waals surface area contributed by atoms with Gasteiger partial charge in [0.25, 0.3) is 0 Å². The highest BCUT2D eigenvalue weighted by Crippen LogP contribution is 2.67. The first kappa shape index (κ1) is 16.5. The van der Waals surface area contributed by atoms with Crippen molar-refractivity contribution in [3.63, 3.8) is 0 Å². The third-order valence-electron chi connectivity index (χ3n) is 8.26. The molecule has 1 aliphatic heterocycles. The molecule has 0 bridgehead atoms. The van der Waals surface area contributed by atoms with Crippen molar-refractivity contribution in [2.75, 3.05) is 0 Å². The van der Waals surface area contributed by atoms with Gasteiger partial charge in [-0.3, -0.25) is 4.79 Å². The summed E-state index contributed by atoms with van der Waals surface area (Å²) in [5.41, 5.74) is 1.61. The average molecular weight is 356 g/mol. The minimum absolute atomic E-state index is 0.0701. The van der Waals surface area contributed by atoms with E-state index >= 15 is 0 Å². The maximum Gasteiger partial charge on any atom is 0.341 e.